The molecule has 0 spiro atoms. The van der Waals surface area contributed by atoms with Crippen LogP contribution >= 0.6 is 0 Å². The molecule has 1 N–H and O–H groups in total. The highest BCUT2D eigenvalue weighted by molar-refractivity contribution is 5.98. The van der Waals surface area contributed by atoms with Gasteiger partial charge in [-0.15, -0.1) is 0 Å². The summed E-state index contributed by atoms with van der Waals surface area (Å²) in [5, 5.41) is 12.3. The first kappa shape index (κ1) is 15.6. The predicted molar refractivity (Wildman–Crippen MR) is 87.8 cm³/mol. The lowest BCUT2D eigenvalue weighted by atomic mass is 10.1. The Balaban J connectivity index is 1.76. The topological polar surface area (TPSA) is 83.8 Å². The quantitative estimate of drug-likeness (QED) is 0.783. The highest BCUT2D eigenvalue weighted by atomic mass is 16.4. The van der Waals surface area contributed by atoms with E-state index in [2.05, 4.69) is 16.4 Å². The Bertz CT molecular complexity index is 874. The van der Waals surface area contributed by atoms with Crippen molar-refractivity contribution < 1.29 is 9.21 Å². The average Bonchev–Trinajstić information content (AvgIpc) is 3.22. The molecule has 0 bridgehead atoms. The lowest BCUT2D eigenvalue weighted by Crippen LogP contribution is -2.26. The number of furan rings is 1. The summed E-state index contributed by atoms with van der Waals surface area (Å²) < 4.78 is 7.31. The van der Waals surface area contributed by atoms with Gasteiger partial charge in [0.15, 0.2) is 0 Å². The molecule has 0 atom stereocenters. The molecule has 1 amide bonds. The van der Waals surface area contributed by atoms with Crippen LogP contribution in [0.4, 0.5) is 0 Å². The summed E-state index contributed by atoms with van der Waals surface area (Å²) >= 11 is 0. The van der Waals surface area contributed by atoms with Gasteiger partial charge in [-0.25, -0.2) is 0 Å². The SMILES string of the molecule is Cc1oc(-n2cccc2)c(C#N)c1C(=O)NCCc1cccnc1. The largest absolute Gasteiger partial charge is 0.443 e. The van der Waals surface area contributed by atoms with Crippen molar-refractivity contribution in [2.45, 2.75) is 13.3 Å². The molecule has 3 heterocycles. The molecule has 0 aliphatic heterocycles. The number of nitrogens with one attached hydrogen (secondary N) is 1. The third-order valence-electron chi connectivity index (χ3n) is 3.67. The normalized spacial score (nSPS) is 10.3. The Kier molecular flexibility index (Phi) is 4.43. The van der Waals surface area contributed by atoms with E-state index in [4.69, 9.17) is 4.42 Å². The van der Waals surface area contributed by atoms with Gasteiger partial charge in [0.25, 0.3) is 5.91 Å². The summed E-state index contributed by atoms with van der Waals surface area (Å²) in [5.74, 6) is 0.474. The number of nitrogens with zero attached hydrogens (tertiary/aromatic N) is 3. The van der Waals surface area contributed by atoms with E-state index in [9.17, 15) is 10.1 Å². The molecule has 0 aliphatic rings. The van der Waals surface area contributed by atoms with Gasteiger partial charge in [-0.05, 0) is 37.1 Å². The Hall–Kier alpha value is -3.33. The zero-order valence-corrected chi connectivity index (χ0v) is 13.2. The number of nitriles is 1. The number of hydrogen-bond acceptors (Lipinski definition) is 4. The van der Waals surface area contributed by atoms with Crippen LogP contribution in [0.1, 0.15) is 27.2 Å². The monoisotopic (exact) mass is 320 g/mol. The van der Waals surface area contributed by atoms with Gasteiger partial charge in [-0.1, -0.05) is 6.07 Å². The van der Waals surface area contributed by atoms with Gasteiger partial charge >= 0.3 is 0 Å². The molecular formula is C18H16N4O2. The number of aryl methyl sites for hydroxylation is 1. The summed E-state index contributed by atoms with van der Waals surface area (Å²) in [6, 6.07) is 9.54. The van der Waals surface area contributed by atoms with E-state index in [0.717, 1.165) is 5.56 Å². The highest BCUT2D eigenvalue weighted by Gasteiger charge is 2.24. The number of carbonyl (C=O) groups is 1. The molecular weight excluding hydrogens is 304 g/mol. The van der Waals surface area contributed by atoms with Gasteiger partial charge < -0.3 is 9.73 Å². The predicted octanol–water partition coefficient (Wildman–Crippen LogP) is 2.62. The second-order valence-electron chi connectivity index (χ2n) is 5.28. The summed E-state index contributed by atoms with van der Waals surface area (Å²) in [7, 11) is 0. The van der Waals surface area contributed by atoms with E-state index < -0.39 is 0 Å². The fourth-order valence-corrected chi connectivity index (χ4v) is 2.51. The molecule has 120 valence electrons. The van der Waals surface area contributed by atoms with Gasteiger partial charge in [0.05, 0.1) is 0 Å². The summed E-state index contributed by atoms with van der Waals surface area (Å²) in [6.07, 6.45) is 7.67. The maximum atomic E-state index is 12.5. The van der Waals surface area contributed by atoms with Gasteiger partial charge in [0.2, 0.25) is 5.88 Å². The van der Waals surface area contributed by atoms with Crippen LogP contribution in [-0.4, -0.2) is 22.0 Å². The van der Waals surface area contributed by atoms with Crippen molar-refractivity contribution in [2.75, 3.05) is 6.54 Å². The Morgan fingerprint density at radius 3 is 2.83 bits per heavy atom. The second-order valence-corrected chi connectivity index (χ2v) is 5.28. The molecule has 3 rings (SSSR count). The minimum atomic E-state index is -0.310. The number of amides is 1. The zero-order chi connectivity index (χ0) is 16.9. The van der Waals surface area contributed by atoms with E-state index in [1.807, 2.05) is 24.3 Å². The van der Waals surface area contributed by atoms with Crippen LogP contribution in [0.25, 0.3) is 5.88 Å². The van der Waals surface area contributed by atoms with Gasteiger partial charge in [0, 0.05) is 31.3 Å². The van der Waals surface area contributed by atoms with E-state index >= 15 is 0 Å². The number of carbonyl (C=O) groups excluding carboxylic acids is 1. The average molecular weight is 320 g/mol. The number of rotatable bonds is 5. The molecule has 0 aromatic carbocycles. The van der Waals surface area contributed by atoms with Crippen LogP contribution in [0.3, 0.4) is 0 Å². The first-order valence-electron chi connectivity index (χ1n) is 7.54. The van der Waals surface area contributed by atoms with Crippen LogP contribution in [0.15, 0.2) is 53.5 Å². The molecule has 3 aromatic heterocycles. The highest BCUT2D eigenvalue weighted by Crippen LogP contribution is 2.25. The van der Waals surface area contributed by atoms with Crippen LogP contribution in [0, 0.1) is 18.3 Å². The first-order chi connectivity index (χ1) is 11.7. The summed E-state index contributed by atoms with van der Waals surface area (Å²) in [6.45, 7) is 2.14. The van der Waals surface area contributed by atoms with E-state index in [0.29, 0.717) is 24.6 Å². The van der Waals surface area contributed by atoms with Gasteiger partial charge in [0.1, 0.15) is 23.0 Å². The smallest absolute Gasteiger partial charge is 0.256 e. The van der Waals surface area contributed by atoms with E-state index in [1.165, 1.54) is 0 Å². The second kappa shape index (κ2) is 6.84. The molecule has 0 saturated carbocycles. The van der Waals surface area contributed by atoms with Crippen molar-refractivity contribution in [2.24, 2.45) is 0 Å². The number of hydrogen-bond donors (Lipinski definition) is 1. The van der Waals surface area contributed by atoms with Crippen molar-refractivity contribution in [1.29, 1.82) is 5.26 Å². The Labute approximate surface area is 139 Å². The first-order valence-corrected chi connectivity index (χ1v) is 7.54. The molecule has 0 radical (unpaired) electrons. The molecule has 24 heavy (non-hydrogen) atoms. The summed E-state index contributed by atoms with van der Waals surface area (Å²) in [4.78, 5) is 16.5. The van der Waals surface area contributed by atoms with Crippen LogP contribution in [0.5, 0.6) is 0 Å². The molecule has 0 aliphatic carbocycles. The molecule has 0 saturated heterocycles. The maximum absolute atomic E-state index is 12.5. The zero-order valence-electron chi connectivity index (χ0n) is 13.2. The van der Waals surface area contributed by atoms with E-state index in [1.54, 1.807) is 36.3 Å². The summed E-state index contributed by atoms with van der Waals surface area (Å²) in [5.41, 5.74) is 1.56. The molecule has 0 unspecified atom stereocenters. The molecule has 0 fully saturated rings. The van der Waals surface area contributed by atoms with Crippen molar-refractivity contribution in [3.05, 3.63) is 71.5 Å². The Morgan fingerprint density at radius 2 is 2.17 bits per heavy atom. The van der Waals surface area contributed by atoms with E-state index in [-0.39, 0.29) is 17.0 Å². The van der Waals surface area contributed by atoms with Crippen LogP contribution in [-0.2, 0) is 6.42 Å². The van der Waals surface area contributed by atoms with Crippen molar-refractivity contribution in [3.63, 3.8) is 0 Å². The van der Waals surface area contributed by atoms with Crippen molar-refractivity contribution in [3.8, 4) is 12.0 Å². The number of pyridine rings is 1. The maximum Gasteiger partial charge on any atom is 0.256 e. The minimum Gasteiger partial charge on any atom is -0.443 e. The third kappa shape index (κ3) is 3.06. The third-order valence-corrected chi connectivity index (χ3v) is 3.67. The van der Waals surface area contributed by atoms with Crippen molar-refractivity contribution in [1.82, 2.24) is 14.9 Å². The molecule has 3 aromatic rings. The lowest BCUT2D eigenvalue weighted by molar-refractivity contribution is 0.0952. The molecule has 6 heteroatoms. The molecule has 6 nitrogen and oxygen atoms in total. The minimum absolute atomic E-state index is 0.238. The lowest BCUT2D eigenvalue weighted by Gasteiger charge is -2.04. The standard InChI is InChI=1S/C18H16N4O2/c1-13-16(15(11-19)18(24-13)22-9-2-3-10-22)17(23)21-8-6-14-5-4-7-20-12-14/h2-5,7,9-10,12H,6,8H2,1H3,(H,21,23). The van der Waals surface area contributed by atoms with Gasteiger partial charge in [-0.2, -0.15) is 5.26 Å². The Morgan fingerprint density at radius 1 is 1.38 bits per heavy atom. The fraction of sp³-hybridized carbons (Fsp3) is 0.167. The van der Waals surface area contributed by atoms with Crippen LogP contribution < -0.4 is 5.32 Å². The fourth-order valence-electron chi connectivity index (χ4n) is 2.51. The van der Waals surface area contributed by atoms with Gasteiger partial charge in [-0.3, -0.25) is 14.3 Å². The van der Waals surface area contributed by atoms with Crippen molar-refractivity contribution >= 4 is 5.91 Å². The number of aromatic nitrogens is 2. The van der Waals surface area contributed by atoms with Crippen LogP contribution in [0.2, 0.25) is 0 Å².